The molecule has 3 rings (SSSR count). The van der Waals surface area contributed by atoms with Gasteiger partial charge in [0.15, 0.2) is 0 Å². The fourth-order valence-corrected chi connectivity index (χ4v) is 9.20. The van der Waals surface area contributed by atoms with Gasteiger partial charge in [-0.3, -0.25) is 0 Å². The zero-order valence-electron chi connectivity index (χ0n) is 15.9. The average Bonchev–Trinajstić information content (AvgIpc) is 2.65. The first-order chi connectivity index (χ1) is 12.6. The Labute approximate surface area is 158 Å². The highest BCUT2D eigenvalue weighted by Gasteiger charge is 2.47. The fourth-order valence-electron chi connectivity index (χ4n) is 4.03. The van der Waals surface area contributed by atoms with Crippen LogP contribution in [0.25, 0.3) is 0 Å². The van der Waals surface area contributed by atoms with Gasteiger partial charge in [0.25, 0.3) is 0 Å². The Morgan fingerprint density at radius 3 is 1.27 bits per heavy atom. The second kappa shape index (κ2) is 8.16. The van der Waals surface area contributed by atoms with E-state index < -0.39 is 7.26 Å². The number of hydrogen-bond donors (Lipinski definition) is 1. The summed E-state index contributed by atoms with van der Waals surface area (Å²) in [7, 11) is -1.84. The molecule has 0 saturated heterocycles. The lowest BCUT2D eigenvalue weighted by Gasteiger charge is -2.31. The van der Waals surface area contributed by atoms with Crippen LogP contribution in [0.1, 0.15) is 23.1 Å². The molecule has 0 bridgehead atoms. The summed E-state index contributed by atoms with van der Waals surface area (Å²) in [6.45, 7) is 6.89. The molecule has 0 aliphatic carbocycles. The van der Waals surface area contributed by atoms with Crippen LogP contribution >= 0.6 is 7.26 Å². The van der Waals surface area contributed by atoms with E-state index in [9.17, 15) is 5.11 Å². The molecule has 0 amide bonds. The van der Waals surface area contributed by atoms with Crippen molar-refractivity contribution < 1.29 is 5.11 Å². The lowest BCUT2D eigenvalue weighted by molar-refractivity contribution is 0.296. The summed E-state index contributed by atoms with van der Waals surface area (Å²) < 4.78 is 0. The number of benzene rings is 3. The van der Waals surface area contributed by atoms with E-state index >= 15 is 0 Å². The molecule has 26 heavy (non-hydrogen) atoms. The van der Waals surface area contributed by atoms with Crippen molar-refractivity contribution in [3.8, 4) is 0 Å². The van der Waals surface area contributed by atoms with Crippen LogP contribution in [-0.2, 0) is 0 Å². The van der Waals surface area contributed by atoms with E-state index in [0.29, 0.717) is 0 Å². The molecule has 0 heterocycles. The number of aliphatic hydroxyl groups is 1. The number of aliphatic hydroxyl groups excluding tert-OH is 1. The van der Waals surface area contributed by atoms with Crippen molar-refractivity contribution in [2.24, 2.45) is 0 Å². The summed E-state index contributed by atoms with van der Waals surface area (Å²) in [6.07, 6.45) is 1.80. The number of aryl methyl sites for hydroxylation is 3. The Morgan fingerprint density at radius 2 is 0.962 bits per heavy atom. The lowest BCUT2D eigenvalue weighted by Crippen LogP contribution is -2.37. The van der Waals surface area contributed by atoms with Crippen molar-refractivity contribution >= 4 is 23.2 Å². The average molecular weight is 363 g/mol. The van der Waals surface area contributed by atoms with E-state index in [4.69, 9.17) is 0 Å². The third-order valence-corrected chi connectivity index (χ3v) is 10.2. The molecule has 0 unspecified atom stereocenters. The van der Waals surface area contributed by atoms with Crippen LogP contribution in [0.4, 0.5) is 0 Å². The Bertz CT molecular complexity index is 774. The summed E-state index contributed by atoms with van der Waals surface area (Å²) in [4.78, 5) is 0. The van der Waals surface area contributed by atoms with Crippen molar-refractivity contribution in [2.75, 3.05) is 12.8 Å². The summed E-state index contributed by atoms with van der Waals surface area (Å²) in [6, 6.07) is 26.4. The summed E-state index contributed by atoms with van der Waals surface area (Å²) in [5, 5.41) is 14.0. The van der Waals surface area contributed by atoms with Crippen molar-refractivity contribution in [3.63, 3.8) is 0 Å². The highest BCUT2D eigenvalue weighted by atomic mass is 31.2. The SMILES string of the molecule is Cc1ccccc1[P+](CCCO)(c1ccccc1C)c1ccccc1C. The van der Waals surface area contributed by atoms with E-state index in [0.717, 1.165) is 12.6 Å². The van der Waals surface area contributed by atoms with Gasteiger partial charge in [-0.15, -0.1) is 0 Å². The molecular weight excluding hydrogens is 335 g/mol. The quantitative estimate of drug-likeness (QED) is 0.648. The van der Waals surface area contributed by atoms with Gasteiger partial charge in [0.1, 0.15) is 23.2 Å². The molecule has 0 aliphatic rings. The van der Waals surface area contributed by atoms with Crippen LogP contribution in [0.15, 0.2) is 72.8 Å². The van der Waals surface area contributed by atoms with Gasteiger partial charge in [-0.2, -0.15) is 0 Å². The minimum absolute atomic E-state index is 0.228. The molecular formula is C24H28OP+. The zero-order chi connectivity index (χ0) is 18.6. The van der Waals surface area contributed by atoms with Gasteiger partial charge in [-0.25, -0.2) is 0 Å². The van der Waals surface area contributed by atoms with Gasteiger partial charge in [-0.1, -0.05) is 54.6 Å². The third-order valence-electron chi connectivity index (χ3n) is 5.23. The molecule has 0 aromatic heterocycles. The first-order valence-electron chi connectivity index (χ1n) is 9.29. The first kappa shape index (κ1) is 18.8. The third kappa shape index (κ3) is 3.34. The van der Waals surface area contributed by atoms with Crippen LogP contribution < -0.4 is 15.9 Å². The molecule has 3 aromatic rings. The number of hydrogen-bond acceptors (Lipinski definition) is 1. The highest BCUT2D eigenvalue weighted by Crippen LogP contribution is 2.57. The van der Waals surface area contributed by atoms with Crippen LogP contribution in [0.5, 0.6) is 0 Å². The zero-order valence-corrected chi connectivity index (χ0v) is 16.8. The maximum absolute atomic E-state index is 9.70. The predicted octanol–water partition coefficient (Wildman–Crippen LogP) is 4.29. The van der Waals surface area contributed by atoms with Gasteiger partial charge in [-0.05, 0) is 55.7 Å². The molecule has 0 saturated carbocycles. The van der Waals surface area contributed by atoms with E-state index in [1.807, 2.05) is 0 Å². The Hall–Kier alpha value is -1.95. The van der Waals surface area contributed by atoms with Crippen LogP contribution in [0.3, 0.4) is 0 Å². The largest absolute Gasteiger partial charge is 0.396 e. The minimum Gasteiger partial charge on any atom is -0.396 e. The van der Waals surface area contributed by atoms with E-state index in [2.05, 4.69) is 93.6 Å². The van der Waals surface area contributed by atoms with E-state index in [1.165, 1.54) is 32.6 Å². The van der Waals surface area contributed by atoms with Crippen molar-refractivity contribution in [2.45, 2.75) is 27.2 Å². The van der Waals surface area contributed by atoms with Crippen molar-refractivity contribution in [1.29, 1.82) is 0 Å². The van der Waals surface area contributed by atoms with Crippen LogP contribution in [0.2, 0.25) is 0 Å². The Morgan fingerprint density at radius 1 is 0.615 bits per heavy atom. The molecule has 3 aromatic carbocycles. The van der Waals surface area contributed by atoms with E-state index in [-0.39, 0.29) is 6.61 Å². The molecule has 0 radical (unpaired) electrons. The summed E-state index contributed by atoms with van der Waals surface area (Å²) in [5.41, 5.74) is 4.01. The predicted molar refractivity (Wildman–Crippen MR) is 116 cm³/mol. The smallest absolute Gasteiger partial charge is 0.113 e. The van der Waals surface area contributed by atoms with Crippen LogP contribution in [0, 0.1) is 20.8 Å². The minimum atomic E-state index is -1.84. The molecule has 1 nitrogen and oxygen atoms in total. The first-order valence-corrected chi connectivity index (χ1v) is 11.3. The monoisotopic (exact) mass is 363 g/mol. The second-order valence-electron chi connectivity index (χ2n) is 6.97. The molecule has 0 fully saturated rings. The van der Waals surface area contributed by atoms with Gasteiger partial charge in [0, 0.05) is 13.0 Å². The van der Waals surface area contributed by atoms with Gasteiger partial charge in [0.2, 0.25) is 0 Å². The molecule has 2 heteroatoms. The highest BCUT2D eigenvalue weighted by molar-refractivity contribution is 7.96. The topological polar surface area (TPSA) is 20.2 Å². The molecule has 0 aliphatic heterocycles. The van der Waals surface area contributed by atoms with Gasteiger partial charge >= 0.3 is 0 Å². The molecule has 0 spiro atoms. The maximum Gasteiger partial charge on any atom is 0.113 e. The lowest BCUT2D eigenvalue weighted by atomic mass is 10.2. The van der Waals surface area contributed by atoms with Gasteiger partial charge in [0.05, 0.1) is 6.16 Å². The molecule has 1 N–H and O–H groups in total. The fraction of sp³-hybridized carbons (Fsp3) is 0.250. The second-order valence-corrected chi connectivity index (χ2v) is 10.5. The molecule has 134 valence electrons. The van der Waals surface area contributed by atoms with Crippen molar-refractivity contribution in [1.82, 2.24) is 0 Å². The summed E-state index contributed by atoms with van der Waals surface area (Å²) in [5.74, 6) is 0. The number of rotatable bonds is 6. The standard InChI is InChI=1S/C24H28OP/c1-19-11-4-7-14-22(19)26(18-10-17-25,23-15-8-5-12-20(23)2)24-16-9-6-13-21(24)3/h4-9,11-16,25H,10,17-18H2,1-3H3/q+1. The molecule has 0 atom stereocenters. The maximum atomic E-state index is 9.70. The summed E-state index contributed by atoms with van der Waals surface area (Å²) >= 11 is 0. The van der Waals surface area contributed by atoms with Gasteiger partial charge < -0.3 is 5.11 Å². The van der Waals surface area contributed by atoms with E-state index in [1.54, 1.807) is 0 Å². The Kier molecular flexibility index (Phi) is 5.91. The Balaban J connectivity index is 2.41. The normalized spacial score (nSPS) is 11.5. The van der Waals surface area contributed by atoms with Crippen LogP contribution in [-0.4, -0.2) is 17.9 Å². The van der Waals surface area contributed by atoms with Crippen molar-refractivity contribution in [3.05, 3.63) is 89.5 Å².